The average Bonchev–Trinajstić information content (AvgIpc) is 2.69. The molecule has 0 saturated heterocycles. The Hall–Kier alpha value is -1.75. The molecule has 0 fully saturated rings. The van der Waals surface area contributed by atoms with E-state index in [0.717, 1.165) is 24.0 Å². The van der Waals surface area contributed by atoms with Gasteiger partial charge in [0, 0.05) is 12.2 Å². The van der Waals surface area contributed by atoms with Crippen molar-refractivity contribution >= 4 is 0 Å². The summed E-state index contributed by atoms with van der Waals surface area (Å²) in [4.78, 5) is 8.72. The first kappa shape index (κ1) is 12.7. The van der Waals surface area contributed by atoms with E-state index >= 15 is 0 Å². The first-order valence-corrected chi connectivity index (χ1v) is 6.21. The van der Waals surface area contributed by atoms with E-state index in [2.05, 4.69) is 40.3 Å². The Morgan fingerprint density at radius 1 is 1.33 bits per heavy atom. The summed E-state index contributed by atoms with van der Waals surface area (Å²) in [5.41, 5.74) is 1.18. The van der Waals surface area contributed by atoms with E-state index in [1.807, 2.05) is 26.1 Å². The number of nitrogens with one attached hydrogen (secondary N) is 1. The van der Waals surface area contributed by atoms with Crippen molar-refractivity contribution in [2.75, 3.05) is 6.54 Å². The van der Waals surface area contributed by atoms with Gasteiger partial charge in [0.1, 0.15) is 11.6 Å². The van der Waals surface area contributed by atoms with Gasteiger partial charge in [0.15, 0.2) is 5.82 Å². The molecule has 5 heteroatoms. The minimum Gasteiger partial charge on any atom is -0.310 e. The van der Waals surface area contributed by atoms with Gasteiger partial charge in [-0.05, 0) is 38.9 Å². The molecule has 5 nitrogen and oxygen atoms in total. The van der Waals surface area contributed by atoms with Gasteiger partial charge in [0.05, 0.1) is 0 Å². The number of nitrogens with zero attached hydrogens (tertiary/aromatic N) is 4. The van der Waals surface area contributed by atoms with E-state index in [4.69, 9.17) is 0 Å². The van der Waals surface area contributed by atoms with E-state index in [9.17, 15) is 0 Å². The molecular weight excluding hydrogens is 226 g/mol. The van der Waals surface area contributed by atoms with Gasteiger partial charge in [-0.1, -0.05) is 13.0 Å². The van der Waals surface area contributed by atoms with E-state index in [-0.39, 0.29) is 0 Å². The average molecular weight is 245 g/mol. The van der Waals surface area contributed by atoms with Gasteiger partial charge >= 0.3 is 0 Å². The van der Waals surface area contributed by atoms with Crippen LogP contribution in [0.25, 0.3) is 5.82 Å². The normalized spacial score (nSPS) is 12.7. The van der Waals surface area contributed by atoms with Gasteiger partial charge in [-0.25, -0.2) is 9.97 Å². The molecule has 0 amide bonds. The van der Waals surface area contributed by atoms with Crippen LogP contribution in [0.15, 0.2) is 18.3 Å². The van der Waals surface area contributed by atoms with Crippen molar-refractivity contribution in [1.82, 2.24) is 25.1 Å². The number of pyridine rings is 1. The molecule has 2 aromatic rings. The molecule has 1 unspecified atom stereocenters. The van der Waals surface area contributed by atoms with Crippen LogP contribution in [0.4, 0.5) is 0 Å². The first-order chi connectivity index (χ1) is 8.61. The van der Waals surface area contributed by atoms with Crippen LogP contribution in [0.3, 0.4) is 0 Å². The monoisotopic (exact) mass is 245 g/mol. The van der Waals surface area contributed by atoms with Gasteiger partial charge in [-0.3, -0.25) is 0 Å². The lowest BCUT2D eigenvalue weighted by Crippen LogP contribution is -2.18. The molecule has 0 aliphatic carbocycles. The number of rotatable bonds is 4. The molecule has 0 spiro atoms. The van der Waals surface area contributed by atoms with Crippen molar-refractivity contribution in [3.05, 3.63) is 35.5 Å². The molecular formula is C13H19N5. The lowest BCUT2D eigenvalue weighted by atomic mass is 10.1. The van der Waals surface area contributed by atoms with Gasteiger partial charge in [-0.2, -0.15) is 4.68 Å². The Labute approximate surface area is 107 Å². The molecule has 1 N–H and O–H groups in total. The van der Waals surface area contributed by atoms with Crippen LogP contribution < -0.4 is 5.32 Å². The Kier molecular flexibility index (Phi) is 3.72. The van der Waals surface area contributed by atoms with Crippen LogP contribution in [0.1, 0.15) is 37.1 Å². The lowest BCUT2D eigenvalue weighted by molar-refractivity contribution is 0.595. The number of hydrogen-bond acceptors (Lipinski definition) is 4. The van der Waals surface area contributed by atoms with Crippen LogP contribution in [0.5, 0.6) is 0 Å². The molecule has 18 heavy (non-hydrogen) atoms. The molecule has 2 aromatic heterocycles. The summed E-state index contributed by atoms with van der Waals surface area (Å²) in [7, 11) is 0. The van der Waals surface area contributed by atoms with Crippen LogP contribution in [0.2, 0.25) is 0 Å². The van der Waals surface area contributed by atoms with E-state index in [1.54, 1.807) is 4.68 Å². The third-order valence-corrected chi connectivity index (χ3v) is 2.87. The molecule has 2 heterocycles. The van der Waals surface area contributed by atoms with Crippen molar-refractivity contribution in [3.8, 4) is 5.82 Å². The largest absolute Gasteiger partial charge is 0.310 e. The standard InChI is InChI=1S/C13H19N5/c1-5-14-9(2)12-6-7-13(15-8-12)18-11(4)16-10(3)17-18/h6-9,14H,5H2,1-4H3. The predicted octanol–water partition coefficient (Wildman–Crippen LogP) is 1.95. The molecule has 0 aromatic carbocycles. The summed E-state index contributed by atoms with van der Waals surface area (Å²) in [5.74, 6) is 2.42. The number of hydrogen-bond donors (Lipinski definition) is 1. The van der Waals surface area contributed by atoms with Gasteiger partial charge in [0.2, 0.25) is 0 Å². The summed E-state index contributed by atoms with van der Waals surface area (Å²) >= 11 is 0. The molecule has 96 valence electrons. The van der Waals surface area contributed by atoms with Gasteiger partial charge < -0.3 is 5.32 Å². The highest BCUT2D eigenvalue weighted by molar-refractivity contribution is 5.26. The first-order valence-electron chi connectivity index (χ1n) is 6.21. The summed E-state index contributed by atoms with van der Waals surface area (Å²) < 4.78 is 1.76. The van der Waals surface area contributed by atoms with Crippen LogP contribution in [0, 0.1) is 13.8 Å². The van der Waals surface area contributed by atoms with Crippen LogP contribution in [-0.4, -0.2) is 26.3 Å². The third-order valence-electron chi connectivity index (χ3n) is 2.87. The Morgan fingerprint density at radius 3 is 2.61 bits per heavy atom. The van der Waals surface area contributed by atoms with Gasteiger partial charge in [0.25, 0.3) is 0 Å². The lowest BCUT2D eigenvalue weighted by Gasteiger charge is -2.12. The van der Waals surface area contributed by atoms with Crippen molar-refractivity contribution < 1.29 is 0 Å². The van der Waals surface area contributed by atoms with Crippen molar-refractivity contribution in [2.45, 2.75) is 33.7 Å². The molecule has 0 radical (unpaired) electrons. The smallest absolute Gasteiger partial charge is 0.155 e. The topological polar surface area (TPSA) is 55.6 Å². The fourth-order valence-electron chi connectivity index (χ4n) is 1.94. The molecule has 1 atom stereocenters. The maximum absolute atomic E-state index is 4.45. The minimum atomic E-state index is 0.315. The maximum atomic E-state index is 4.45. The zero-order chi connectivity index (χ0) is 13.1. The summed E-state index contributed by atoms with van der Waals surface area (Å²) in [6.07, 6.45) is 1.89. The van der Waals surface area contributed by atoms with Crippen molar-refractivity contribution in [2.24, 2.45) is 0 Å². The Bertz CT molecular complexity index is 515. The molecule has 0 bridgehead atoms. The van der Waals surface area contributed by atoms with E-state index in [0.29, 0.717) is 6.04 Å². The quantitative estimate of drug-likeness (QED) is 0.894. The number of aryl methyl sites for hydroxylation is 2. The van der Waals surface area contributed by atoms with E-state index in [1.165, 1.54) is 5.56 Å². The molecule has 0 aliphatic rings. The highest BCUT2D eigenvalue weighted by Crippen LogP contribution is 2.13. The second-order valence-electron chi connectivity index (χ2n) is 4.35. The predicted molar refractivity (Wildman–Crippen MR) is 70.7 cm³/mol. The molecule has 0 saturated carbocycles. The van der Waals surface area contributed by atoms with Crippen LogP contribution >= 0.6 is 0 Å². The second-order valence-corrected chi connectivity index (χ2v) is 4.35. The third kappa shape index (κ3) is 2.56. The minimum absolute atomic E-state index is 0.315. The van der Waals surface area contributed by atoms with Crippen LogP contribution in [-0.2, 0) is 0 Å². The SMILES string of the molecule is CCNC(C)c1ccc(-n2nc(C)nc2C)nc1. The fraction of sp³-hybridized carbons (Fsp3) is 0.462. The summed E-state index contributed by atoms with van der Waals surface area (Å²) in [6.45, 7) is 8.98. The second kappa shape index (κ2) is 5.27. The van der Waals surface area contributed by atoms with Crippen molar-refractivity contribution in [1.29, 1.82) is 0 Å². The van der Waals surface area contributed by atoms with Crippen molar-refractivity contribution in [3.63, 3.8) is 0 Å². The maximum Gasteiger partial charge on any atom is 0.155 e. The Balaban J connectivity index is 2.25. The summed E-state index contributed by atoms with van der Waals surface area (Å²) in [6, 6.07) is 4.37. The van der Waals surface area contributed by atoms with Gasteiger partial charge in [-0.15, -0.1) is 5.10 Å². The summed E-state index contributed by atoms with van der Waals surface area (Å²) in [5, 5.41) is 7.68. The highest BCUT2D eigenvalue weighted by Gasteiger charge is 2.08. The number of aromatic nitrogens is 4. The molecule has 2 rings (SSSR count). The Morgan fingerprint density at radius 2 is 2.11 bits per heavy atom. The highest BCUT2D eigenvalue weighted by atomic mass is 15.4. The molecule has 0 aliphatic heterocycles. The van der Waals surface area contributed by atoms with E-state index < -0.39 is 0 Å². The zero-order valence-electron chi connectivity index (χ0n) is 11.3. The fourth-order valence-corrected chi connectivity index (χ4v) is 1.94. The zero-order valence-corrected chi connectivity index (χ0v) is 11.3.